The first-order valence-corrected chi connectivity index (χ1v) is 36.9. The quantitative estimate of drug-likeness (QED) is 0.0243. The molecule has 1 amide bonds. The molecule has 3 N–H and O–H groups in total. The summed E-state index contributed by atoms with van der Waals surface area (Å²) in [6.45, 7) is 4.64. The first kappa shape index (κ1) is 83.1. The highest BCUT2D eigenvalue weighted by atomic mass is 31.2. The Bertz CT molecular complexity index is 1980. The molecule has 3 unspecified atom stereocenters. The number of carbonyl (C=O) groups excluding carboxylic acids is 1. The predicted molar refractivity (Wildman–Crippen MR) is 382 cm³/mol. The number of unbranched alkanes of at least 4 members (excludes halogenated alkanes) is 26. The smallest absolute Gasteiger partial charge is 0.387 e. The van der Waals surface area contributed by atoms with E-state index >= 15 is 0 Å². The molecule has 0 aromatic carbocycles. The molecule has 0 aromatic heterocycles. The zero-order chi connectivity index (χ0) is 63.4. The molecule has 0 saturated carbocycles. The number of hydrogen-bond donors (Lipinski definition) is 3. The van der Waals surface area contributed by atoms with Gasteiger partial charge in [0.1, 0.15) is 13.2 Å². The van der Waals surface area contributed by atoms with E-state index < -0.39 is 20.0 Å². The highest BCUT2D eigenvalue weighted by Gasteiger charge is 2.27. The van der Waals surface area contributed by atoms with Crippen LogP contribution in [0.5, 0.6) is 0 Å². The van der Waals surface area contributed by atoms with Gasteiger partial charge in [0.05, 0.1) is 39.9 Å². The fourth-order valence-electron chi connectivity index (χ4n) is 9.51. The third-order valence-corrected chi connectivity index (χ3v) is 15.9. The van der Waals surface area contributed by atoms with Crippen molar-refractivity contribution in [2.45, 2.75) is 289 Å². The van der Waals surface area contributed by atoms with E-state index in [4.69, 9.17) is 9.05 Å². The number of nitrogens with zero attached hydrogens (tertiary/aromatic N) is 1. The van der Waals surface area contributed by atoms with E-state index in [1.165, 1.54) is 148 Å². The Morgan fingerprint density at radius 3 is 1.06 bits per heavy atom. The van der Waals surface area contributed by atoms with Crippen LogP contribution in [0, 0.1) is 0 Å². The molecule has 0 aromatic rings. The molecule has 0 fully saturated rings. The van der Waals surface area contributed by atoms with E-state index in [0.717, 1.165) is 103 Å². The van der Waals surface area contributed by atoms with Crippen molar-refractivity contribution in [3.05, 3.63) is 158 Å². The number of phosphoric ester groups is 1. The molecule has 0 heterocycles. The normalized spacial score (nSPS) is 14.6. The summed E-state index contributed by atoms with van der Waals surface area (Å²) in [7, 11) is 1.50. The van der Waals surface area contributed by atoms with Gasteiger partial charge < -0.3 is 19.8 Å². The highest BCUT2D eigenvalue weighted by Crippen LogP contribution is 2.43. The number of nitrogens with one attached hydrogen (secondary N) is 1. The minimum absolute atomic E-state index is 0.0358. The number of quaternary nitrogens is 1. The summed E-state index contributed by atoms with van der Waals surface area (Å²) < 4.78 is 23.8. The Kier molecular flexibility index (Phi) is 63.6. The van der Waals surface area contributed by atoms with Crippen LogP contribution in [-0.2, 0) is 18.4 Å². The van der Waals surface area contributed by atoms with Crippen molar-refractivity contribution >= 4 is 13.7 Å². The topological polar surface area (TPSA) is 105 Å². The Morgan fingerprint density at radius 1 is 0.402 bits per heavy atom. The minimum Gasteiger partial charge on any atom is -0.387 e. The van der Waals surface area contributed by atoms with Gasteiger partial charge in [0.25, 0.3) is 0 Å². The zero-order valence-corrected chi connectivity index (χ0v) is 57.6. The van der Waals surface area contributed by atoms with E-state index in [9.17, 15) is 19.4 Å². The largest absolute Gasteiger partial charge is 0.472 e. The first-order valence-electron chi connectivity index (χ1n) is 35.4. The van der Waals surface area contributed by atoms with Crippen LogP contribution in [0.25, 0.3) is 0 Å². The Balaban J connectivity index is 4.28. The third-order valence-electron chi connectivity index (χ3n) is 15.0. The molecule has 0 spiro atoms. The van der Waals surface area contributed by atoms with Crippen LogP contribution in [0.1, 0.15) is 277 Å². The first-order chi connectivity index (χ1) is 42.5. The lowest BCUT2D eigenvalue weighted by atomic mass is 10.0. The van der Waals surface area contributed by atoms with Gasteiger partial charge in [-0.05, 0) is 122 Å². The van der Waals surface area contributed by atoms with Gasteiger partial charge in [0, 0.05) is 6.42 Å². The molecular weight excluding hydrogens is 1090 g/mol. The van der Waals surface area contributed by atoms with Gasteiger partial charge in [-0.2, -0.15) is 0 Å². The maximum Gasteiger partial charge on any atom is 0.472 e. The van der Waals surface area contributed by atoms with Crippen LogP contribution >= 0.6 is 7.82 Å². The fraction of sp³-hybridized carbons (Fsp3) is 0.654. The molecule has 8 nitrogen and oxygen atoms in total. The van der Waals surface area contributed by atoms with Gasteiger partial charge in [-0.3, -0.25) is 13.8 Å². The maximum absolute atomic E-state index is 13.0. The Hall–Kier alpha value is -3.88. The van der Waals surface area contributed by atoms with E-state index in [1.54, 1.807) is 6.08 Å². The summed E-state index contributed by atoms with van der Waals surface area (Å²) in [5.41, 5.74) is 0. The summed E-state index contributed by atoms with van der Waals surface area (Å²) in [6.07, 6.45) is 104. The third kappa shape index (κ3) is 69.5. The van der Waals surface area contributed by atoms with Gasteiger partial charge >= 0.3 is 7.82 Å². The molecule has 0 rings (SSSR count). The summed E-state index contributed by atoms with van der Waals surface area (Å²) in [4.78, 5) is 23.4. The van der Waals surface area contributed by atoms with E-state index in [0.29, 0.717) is 17.4 Å². The second-order valence-corrected chi connectivity index (χ2v) is 26.0. The molecule has 0 bridgehead atoms. The number of aliphatic hydroxyl groups is 1. The lowest BCUT2D eigenvalue weighted by Crippen LogP contribution is -2.45. The summed E-state index contributed by atoms with van der Waals surface area (Å²) in [6, 6.07) is -0.908. The number of allylic oxidation sites excluding steroid dienone is 25. The van der Waals surface area contributed by atoms with Crippen LogP contribution in [-0.4, -0.2) is 73.4 Å². The number of rotatable bonds is 63. The zero-order valence-electron chi connectivity index (χ0n) is 56.7. The van der Waals surface area contributed by atoms with E-state index in [-0.39, 0.29) is 25.5 Å². The molecule has 87 heavy (non-hydrogen) atoms. The van der Waals surface area contributed by atoms with Gasteiger partial charge in [0.2, 0.25) is 5.91 Å². The molecule has 0 aliphatic heterocycles. The number of hydrogen-bond acceptors (Lipinski definition) is 5. The highest BCUT2D eigenvalue weighted by molar-refractivity contribution is 7.47. The van der Waals surface area contributed by atoms with Crippen molar-refractivity contribution in [1.82, 2.24) is 5.32 Å². The SMILES string of the molecule is CC/C=C\C/C=C\C/C=C\C/C=C\C/C=C\C/C=C\C/C=C\C/C=C\C/C=C\C/C=C\CCCCC(=O)NC(COP(=O)(O)OCC[N+](C)(C)C)C(O)/C=C/CC/C=C/CC/C=C/CCCCCCCCCCCCCCCCCCCCCCCC. The van der Waals surface area contributed by atoms with E-state index in [1.807, 2.05) is 27.2 Å². The van der Waals surface area contributed by atoms with Crippen molar-refractivity contribution in [3.63, 3.8) is 0 Å². The molecular formula is C78H134N2O6P+. The molecule has 0 saturated heterocycles. The molecule has 0 aliphatic carbocycles. The van der Waals surface area contributed by atoms with Gasteiger partial charge in [-0.15, -0.1) is 0 Å². The predicted octanol–water partition coefficient (Wildman–Crippen LogP) is 22.9. The van der Waals surface area contributed by atoms with Gasteiger partial charge in [0.15, 0.2) is 0 Å². The average Bonchev–Trinajstić information content (AvgIpc) is 3.71. The Labute approximate surface area is 537 Å². The molecule has 3 atom stereocenters. The van der Waals surface area contributed by atoms with Crippen molar-refractivity contribution < 1.29 is 32.9 Å². The summed E-state index contributed by atoms with van der Waals surface area (Å²) in [5, 5.41) is 13.9. The lowest BCUT2D eigenvalue weighted by molar-refractivity contribution is -0.870. The second kappa shape index (κ2) is 66.5. The van der Waals surface area contributed by atoms with Crippen LogP contribution in [0.2, 0.25) is 0 Å². The van der Waals surface area contributed by atoms with E-state index in [2.05, 4.69) is 165 Å². The summed E-state index contributed by atoms with van der Waals surface area (Å²) in [5.74, 6) is -0.238. The molecule has 0 radical (unpaired) electrons. The second-order valence-electron chi connectivity index (χ2n) is 24.5. The maximum atomic E-state index is 13.0. The van der Waals surface area contributed by atoms with Gasteiger partial charge in [-0.25, -0.2) is 4.57 Å². The molecule has 496 valence electrons. The van der Waals surface area contributed by atoms with Crippen LogP contribution in [0.4, 0.5) is 0 Å². The van der Waals surface area contributed by atoms with Gasteiger partial charge in [-0.1, -0.05) is 307 Å². The number of carbonyl (C=O) groups is 1. The summed E-state index contributed by atoms with van der Waals surface area (Å²) >= 11 is 0. The average molecular weight is 1230 g/mol. The number of aliphatic hydroxyl groups excluding tert-OH is 1. The van der Waals surface area contributed by atoms with Crippen LogP contribution in [0.15, 0.2) is 158 Å². The van der Waals surface area contributed by atoms with Crippen LogP contribution in [0.3, 0.4) is 0 Å². The molecule has 0 aliphatic rings. The van der Waals surface area contributed by atoms with Crippen molar-refractivity contribution in [3.8, 4) is 0 Å². The van der Waals surface area contributed by atoms with Crippen molar-refractivity contribution in [1.29, 1.82) is 0 Å². The lowest BCUT2D eigenvalue weighted by Gasteiger charge is -2.25. The molecule has 9 heteroatoms. The number of phosphoric acid groups is 1. The van der Waals surface area contributed by atoms with Crippen molar-refractivity contribution in [2.24, 2.45) is 0 Å². The standard InChI is InChI=1S/C78H133N2O6P/c1-6-8-10-12-14-16-18-20-22-24-26-28-30-32-34-36-38-40-42-44-46-48-50-52-54-56-58-60-62-64-66-68-70-72-78(82)79-76(75-86-87(83,84)85-74-73-80(3,4)5)77(81)71-69-67-65-63-61-59-57-55-53-51-49-47-45-43-41-39-37-35-33-31-29-27-25-23-21-19-17-15-13-11-9-7-2/h8,10,14,16,20,22,26,28,32,34,38,40,44,46,50,52-53,55-56,58,61-64,69,71,76-77,81H,6-7,9,11-13,15,17-19,21,23-25,27,29-31,33,35-37,39,41-43,45,47-49,51,54,57,59-60,65-68,70,72-75H2,1-5H3,(H-,79,82,83,84)/p+1/b10-8-,16-14-,22-20-,28-26-,34-32-,40-38-,46-44-,52-50-,55-53+,58-56-,63-61+,64-62-,71-69+. The Morgan fingerprint density at radius 2 is 0.701 bits per heavy atom. The monoisotopic (exact) mass is 1230 g/mol. The van der Waals surface area contributed by atoms with Crippen molar-refractivity contribution in [2.75, 3.05) is 40.9 Å². The number of amides is 1. The van der Waals surface area contributed by atoms with Crippen LogP contribution < -0.4 is 5.32 Å². The minimum atomic E-state index is -4.39. The fourth-order valence-corrected chi connectivity index (χ4v) is 10.3. The number of likely N-dealkylation sites (N-methyl/N-ethyl adjacent to an activating group) is 1.